The molecule has 1 saturated carbocycles. The minimum atomic E-state index is -3.77. The van der Waals surface area contributed by atoms with Crippen LogP contribution < -0.4 is 20.7 Å². The van der Waals surface area contributed by atoms with Gasteiger partial charge in [0.1, 0.15) is 0 Å². The molecule has 0 bridgehead atoms. The molecule has 4 heterocycles. The number of nitrogens with zero attached hydrogens (tertiary/aromatic N) is 4. The monoisotopic (exact) mass is 2050 g/mol. The first-order chi connectivity index (χ1) is 46.4. The van der Waals surface area contributed by atoms with E-state index in [0.717, 1.165) is 51.7 Å². The van der Waals surface area contributed by atoms with Crippen molar-refractivity contribution in [2.75, 3.05) is 0 Å². The van der Waals surface area contributed by atoms with E-state index in [-0.39, 0.29) is 80.4 Å². The topological polar surface area (TPSA) is 51.6 Å². The maximum Gasteiger partial charge on any atom is 0.0803 e. The Morgan fingerprint density at radius 1 is 0.427 bits per heavy atom. The van der Waals surface area contributed by atoms with Gasteiger partial charge in [0.2, 0.25) is 0 Å². The van der Waals surface area contributed by atoms with Crippen LogP contribution >= 0.6 is 0 Å². The van der Waals surface area contributed by atoms with Gasteiger partial charge in [-0.1, -0.05) is 265 Å². The largest absolute Gasteiger partial charge is 0.305 e. The van der Waals surface area contributed by atoms with E-state index in [1.54, 1.807) is 29.8 Å². The van der Waals surface area contributed by atoms with E-state index in [1.807, 2.05) is 36.4 Å². The molecule has 96 heavy (non-hydrogen) atoms. The molecule has 12 heteroatoms. The molecule has 4 nitrogen and oxygen atoms in total. The van der Waals surface area contributed by atoms with E-state index >= 15 is 0 Å². The van der Waals surface area contributed by atoms with Gasteiger partial charge in [-0.3, -0.25) is 0 Å². The Bertz CT molecular complexity index is 4710. The zero-order chi connectivity index (χ0) is 70.4. The minimum absolute atomic E-state index is 0. The molecule has 12 aromatic rings. The van der Waals surface area contributed by atoms with Gasteiger partial charge in [0.15, 0.2) is 0 Å². The molecule has 0 saturated heterocycles. The fraction of sp³-hybridized carbons (Fsp3) is 0.262. The smallest absolute Gasteiger partial charge is 0.0803 e. The molecule has 8 aromatic carbocycles. The van der Waals surface area contributed by atoms with Gasteiger partial charge in [0.25, 0.3) is 0 Å². The summed E-state index contributed by atoms with van der Waals surface area (Å²) in [5.41, 5.74) is 14.1. The molecular formula is C84H92Ir4N4Si4-4. The standard InChI is InChI=1S/C24H22NSi.C23H26NSi.C22H26NSi.C15H18NSi.4Ir/c1-26(2,3)24-17-25-23(16-22(24)19-10-5-4-6-11-19)21-15-9-13-18-12-7-8-14-20(18)21;1-25(2,3)23-16-24-22(15-21(23)18-10-4-5-11-18)20-14-8-12-17-9-6-7-13-19(17)20;1-16(2)13-18-14-21(23-15-22(18)24(3,4)5)20-12-8-10-17-9-6-7-11-19(17)20;1-12-10-14(13-8-6-5-7-9-13)16-11-15(12)17(2,3)4;;;;/h4-14,16-17H,1-3H3;6-9,12-13,15-16,18H,4-5,10-11H2,1-3H3;6-11,14-16H,13H2,1-5H3;5-8,10-11H,1-4H3;;;;/q4*-1;;;;/i;;;2D3,3D3;;;;. The van der Waals surface area contributed by atoms with E-state index in [9.17, 15) is 0 Å². The van der Waals surface area contributed by atoms with Crippen molar-refractivity contribution in [2.24, 2.45) is 5.92 Å². The Labute approximate surface area is 641 Å². The van der Waals surface area contributed by atoms with Crippen LogP contribution in [0.2, 0.25) is 78.4 Å². The predicted octanol–water partition coefficient (Wildman–Crippen LogP) is 20.7. The second-order valence-electron chi connectivity index (χ2n) is 28.3. The molecule has 1 aliphatic rings. The number of benzene rings is 8. The summed E-state index contributed by atoms with van der Waals surface area (Å²) in [6.07, 6.45) is 14.4. The zero-order valence-electron chi connectivity index (χ0n) is 63.5. The van der Waals surface area contributed by atoms with Crippen LogP contribution in [0.5, 0.6) is 0 Å². The van der Waals surface area contributed by atoms with Crippen LogP contribution in [0.3, 0.4) is 0 Å². The van der Waals surface area contributed by atoms with Crippen molar-refractivity contribution in [1.82, 2.24) is 19.9 Å². The second-order valence-corrected chi connectivity index (χ2v) is 46.2. The zero-order valence-corrected chi connectivity index (χ0v) is 71.1. The molecule has 1 fully saturated rings. The van der Waals surface area contributed by atoms with Crippen molar-refractivity contribution in [2.45, 2.75) is 137 Å². The number of pyridine rings is 4. The third kappa shape index (κ3) is 20.0. The Morgan fingerprint density at radius 3 is 1.31 bits per heavy atom. The van der Waals surface area contributed by atoms with Crippen LogP contribution in [0.15, 0.2) is 213 Å². The maximum absolute atomic E-state index is 7.79. The van der Waals surface area contributed by atoms with Crippen molar-refractivity contribution in [3.8, 4) is 56.2 Å². The van der Waals surface area contributed by atoms with Crippen LogP contribution in [0, 0.1) is 37.1 Å². The van der Waals surface area contributed by atoms with Crippen molar-refractivity contribution >= 4 is 85.4 Å². The SMILES string of the molecule is CC(C)Cc1cc(-c2[c-]ccc3ccccc23)ncc1[Si](C)(C)C.C[Si](C)(C)c1cnc(-c2[c-]ccc3ccccc23)cc1-c1ccccc1.C[Si](C)(C)c1cnc(-c2[c-]ccc3ccccc23)cc1C1CCCC1.[2H]C([2H])([2H])[Si](C)(c1cnc(-c2[c-]cccc2)cc1C)C([2H])([2H])[2H].[Ir].[Ir].[Ir].[Ir]. The minimum Gasteiger partial charge on any atom is -0.305 e. The summed E-state index contributed by atoms with van der Waals surface area (Å²) in [6.45, 7) is 24.3. The van der Waals surface area contributed by atoms with Crippen LogP contribution in [0.1, 0.15) is 70.4 Å². The van der Waals surface area contributed by atoms with Crippen molar-refractivity contribution in [3.05, 3.63) is 254 Å². The average Bonchev–Trinajstić information content (AvgIpc) is 0.786. The number of fused-ring (bicyclic) bond motifs is 3. The summed E-state index contributed by atoms with van der Waals surface area (Å²) in [7, 11) is -8.07. The molecule has 0 N–H and O–H groups in total. The van der Waals surface area contributed by atoms with Gasteiger partial charge in [-0.2, -0.15) is 0 Å². The van der Waals surface area contributed by atoms with Gasteiger partial charge >= 0.3 is 0 Å². The van der Waals surface area contributed by atoms with E-state index in [4.69, 9.17) is 23.2 Å². The van der Waals surface area contributed by atoms with E-state index in [1.165, 1.54) is 97.8 Å². The third-order valence-electron chi connectivity index (χ3n) is 17.3. The summed E-state index contributed by atoms with van der Waals surface area (Å²) in [5, 5.41) is 12.2. The molecule has 0 unspecified atom stereocenters. The van der Waals surface area contributed by atoms with Crippen LogP contribution in [0.4, 0.5) is 0 Å². The quantitative estimate of drug-likeness (QED) is 0.0903. The Kier molecular flexibility index (Phi) is 25.8. The van der Waals surface area contributed by atoms with Gasteiger partial charge in [0.05, 0.1) is 32.3 Å². The molecule has 1 aliphatic carbocycles. The van der Waals surface area contributed by atoms with Crippen LogP contribution in [-0.4, -0.2) is 52.2 Å². The molecule has 0 aliphatic heterocycles. The Hall–Kier alpha value is -5.40. The molecule has 0 amide bonds. The first-order valence-electron chi connectivity index (χ1n) is 35.6. The fourth-order valence-electron chi connectivity index (χ4n) is 12.7. The van der Waals surface area contributed by atoms with Crippen molar-refractivity contribution in [3.63, 3.8) is 0 Å². The summed E-state index contributed by atoms with van der Waals surface area (Å²) in [4.78, 5) is 18.9. The molecular weight excluding hydrogens is 1950 g/mol. The summed E-state index contributed by atoms with van der Waals surface area (Å²) in [6, 6.07) is 77.9. The number of aryl methyl sites for hydroxylation is 1. The van der Waals surface area contributed by atoms with Gasteiger partial charge in [0, 0.05) is 113 Å². The molecule has 4 radical (unpaired) electrons. The van der Waals surface area contributed by atoms with Gasteiger partial charge in [-0.05, 0) is 92.7 Å². The van der Waals surface area contributed by atoms with Crippen LogP contribution in [0.25, 0.3) is 88.5 Å². The number of aromatic nitrogens is 4. The van der Waals surface area contributed by atoms with Gasteiger partial charge in [-0.25, -0.2) is 0 Å². The van der Waals surface area contributed by atoms with E-state index < -0.39 is 45.2 Å². The first-order valence-corrected chi connectivity index (χ1v) is 45.6. The van der Waals surface area contributed by atoms with E-state index in [0.29, 0.717) is 22.4 Å². The van der Waals surface area contributed by atoms with E-state index in [2.05, 4.69) is 260 Å². The molecule has 0 spiro atoms. The summed E-state index contributed by atoms with van der Waals surface area (Å²) < 4.78 is 46.8. The van der Waals surface area contributed by atoms with Crippen LogP contribution in [-0.2, 0) is 86.8 Å². The molecule has 504 valence electrons. The third-order valence-corrected chi connectivity index (χ3v) is 25.0. The normalized spacial score (nSPS) is 13.5. The Morgan fingerprint density at radius 2 is 0.854 bits per heavy atom. The summed E-state index contributed by atoms with van der Waals surface area (Å²) in [5.74, 6) is 1.37. The predicted molar refractivity (Wildman–Crippen MR) is 408 cm³/mol. The number of hydrogen-bond donors (Lipinski definition) is 0. The van der Waals surface area contributed by atoms with Crippen molar-refractivity contribution < 1.29 is 88.6 Å². The maximum atomic E-state index is 7.79. The Balaban J connectivity index is 0.000000211. The van der Waals surface area contributed by atoms with Crippen molar-refractivity contribution in [1.29, 1.82) is 0 Å². The number of rotatable bonds is 12. The fourth-order valence-corrected chi connectivity index (χ4v) is 18.5. The van der Waals surface area contributed by atoms with Gasteiger partial charge in [-0.15, -0.1) is 123 Å². The molecule has 4 aromatic heterocycles. The second kappa shape index (κ2) is 35.1. The average molecular weight is 2040 g/mol. The molecule has 0 atom stereocenters. The number of hydrogen-bond acceptors (Lipinski definition) is 4. The first kappa shape index (κ1) is 70.5. The van der Waals surface area contributed by atoms with Gasteiger partial charge < -0.3 is 19.9 Å². The molecule has 13 rings (SSSR count). The summed E-state index contributed by atoms with van der Waals surface area (Å²) >= 11 is 0.